The third-order valence-electron chi connectivity index (χ3n) is 1.49. The van der Waals surface area contributed by atoms with E-state index in [1.165, 1.54) is 0 Å². The first kappa shape index (κ1) is 7.67. The second-order valence-electron chi connectivity index (χ2n) is 2.85. The molecule has 0 bridgehead atoms. The highest BCUT2D eigenvalue weighted by Gasteiger charge is 2.20. The fourth-order valence-corrected chi connectivity index (χ4v) is 0.692. The van der Waals surface area contributed by atoms with Crippen molar-refractivity contribution in [3.63, 3.8) is 0 Å². The maximum atomic E-state index is 8.73. The summed E-state index contributed by atoms with van der Waals surface area (Å²) in [6, 6.07) is 5.74. The van der Waals surface area contributed by atoms with Gasteiger partial charge in [-0.1, -0.05) is 0 Å². The zero-order valence-electron chi connectivity index (χ0n) is 6.57. The van der Waals surface area contributed by atoms with E-state index in [-0.39, 0.29) is 0 Å². The lowest BCUT2D eigenvalue weighted by atomic mass is 9.91. The minimum atomic E-state index is -0.533. The van der Waals surface area contributed by atoms with Gasteiger partial charge in [0.15, 0.2) is 0 Å². The standard InChI is InChI=1S/C8H9N3/c1-8(2,6-9)7-4-3-5-10-11-7/h3-5H,1-2H3. The predicted molar refractivity (Wildman–Crippen MR) is 40.7 cm³/mol. The molecule has 0 aliphatic rings. The molecule has 0 saturated carbocycles. The molecule has 1 rings (SSSR count). The Morgan fingerprint density at radius 2 is 2.27 bits per heavy atom. The normalized spacial score (nSPS) is 10.6. The van der Waals surface area contributed by atoms with Crippen molar-refractivity contribution >= 4 is 0 Å². The SMILES string of the molecule is CC(C)(C#N)c1cccnn1. The van der Waals surface area contributed by atoms with Crippen LogP contribution in [-0.2, 0) is 5.41 Å². The van der Waals surface area contributed by atoms with Crippen molar-refractivity contribution in [3.05, 3.63) is 24.0 Å². The molecule has 0 aliphatic heterocycles. The van der Waals surface area contributed by atoms with E-state index >= 15 is 0 Å². The molecule has 0 fully saturated rings. The Hall–Kier alpha value is -1.43. The Morgan fingerprint density at radius 3 is 2.73 bits per heavy atom. The van der Waals surface area contributed by atoms with Crippen LogP contribution in [0.4, 0.5) is 0 Å². The summed E-state index contributed by atoms with van der Waals surface area (Å²) in [4.78, 5) is 0. The second kappa shape index (κ2) is 2.67. The molecule has 11 heavy (non-hydrogen) atoms. The summed E-state index contributed by atoms with van der Waals surface area (Å²) in [6.07, 6.45) is 1.59. The van der Waals surface area contributed by atoms with Gasteiger partial charge < -0.3 is 0 Å². The fourth-order valence-electron chi connectivity index (χ4n) is 0.692. The highest BCUT2D eigenvalue weighted by atomic mass is 15.1. The Morgan fingerprint density at radius 1 is 1.55 bits per heavy atom. The van der Waals surface area contributed by atoms with Gasteiger partial charge in [-0.3, -0.25) is 0 Å². The van der Waals surface area contributed by atoms with Crippen molar-refractivity contribution in [2.75, 3.05) is 0 Å². The molecule has 0 spiro atoms. The summed E-state index contributed by atoms with van der Waals surface area (Å²) in [6.45, 7) is 3.63. The van der Waals surface area contributed by atoms with Gasteiger partial charge in [0.05, 0.1) is 17.2 Å². The van der Waals surface area contributed by atoms with Gasteiger partial charge in [-0.2, -0.15) is 15.5 Å². The van der Waals surface area contributed by atoms with E-state index in [2.05, 4.69) is 16.3 Å². The van der Waals surface area contributed by atoms with Crippen molar-refractivity contribution in [2.45, 2.75) is 19.3 Å². The van der Waals surface area contributed by atoms with E-state index in [9.17, 15) is 0 Å². The van der Waals surface area contributed by atoms with Gasteiger partial charge in [-0.15, -0.1) is 0 Å². The van der Waals surface area contributed by atoms with Gasteiger partial charge in [-0.25, -0.2) is 0 Å². The van der Waals surface area contributed by atoms with Crippen molar-refractivity contribution in [3.8, 4) is 6.07 Å². The minimum absolute atomic E-state index is 0.533. The molecule has 1 heterocycles. The average molecular weight is 147 g/mol. The fraction of sp³-hybridized carbons (Fsp3) is 0.375. The van der Waals surface area contributed by atoms with Crippen LogP contribution in [0.5, 0.6) is 0 Å². The second-order valence-corrected chi connectivity index (χ2v) is 2.85. The molecule has 3 nitrogen and oxygen atoms in total. The molecular weight excluding hydrogens is 138 g/mol. The lowest BCUT2D eigenvalue weighted by Crippen LogP contribution is -2.16. The summed E-state index contributed by atoms with van der Waals surface area (Å²) < 4.78 is 0. The number of nitriles is 1. The third-order valence-corrected chi connectivity index (χ3v) is 1.49. The Labute approximate surface area is 65.7 Å². The quantitative estimate of drug-likeness (QED) is 0.601. The highest BCUT2D eigenvalue weighted by Crippen LogP contribution is 2.17. The van der Waals surface area contributed by atoms with Gasteiger partial charge in [0.2, 0.25) is 0 Å². The summed E-state index contributed by atoms with van der Waals surface area (Å²) in [5, 5.41) is 16.3. The molecule has 0 unspecified atom stereocenters. The highest BCUT2D eigenvalue weighted by molar-refractivity contribution is 5.20. The summed E-state index contributed by atoms with van der Waals surface area (Å²) in [5.74, 6) is 0. The van der Waals surface area contributed by atoms with E-state index < -0.39 is 5.41 Å². The number of hydrogen-bond acceptors (Lipinski definition) is 3. The van der Waals surface area contributed by atoms with Crippen LogP contribution in [0.1, 0.15) is 19.5 Å². The van der Waals surface area contributed by atoms with Crippen LogP contribution in [0.3, 0.4) is 0 Å². The van der Waals surface area contributed by atoms with E-state index in [1.807, 2.05) is 13.8 Å². The first-order chi connectivity index (χ1) is 5.17. The van der Waals surface area contributed by atoms with Crippen LogP contribution in [-0.4, -0.2) is 10.2 Å². The van der Waals surface area contributed by atoms with Crippen LogP contribution in [0, 0.1) is 11.3 Å². The lowest BCUT2D eigenvalue weighted by Gasteiger charge is -2.11. The molecule has 3 heteroatoms. The maximum Gasteiger partial charge on any atom is 0.0955 e. The maximum absolute atomic E-state index is 8.73. The molecule has 0 radical (unpaired) electrons. The van der Waals surface area contributed by atoms with Gasteiger partial charge in [-0.05, 0) is 26.0 Å². The van der Waals surface area contributed by atoms with E-state index in [4.69, 9.17) is 5.26 Å². The lowest BCUT2D eigenvalue weighted by molar-refractivity contribution is 0.643. The topological polar surface area (TPSA) is 49.6 Å². The number of nitrogens with zero attached hydrogens (tertiary/aromatic N) is 3. The molecule has 1 aromatic rings. The smallest absolute Gasteiger partial charge is 0.0955 e. The van der Waals surface area contributed by atoms with Gasteiger partial charge in [0.25, 0.3) is 0 Å². The van der Waals surface area contributed by atoms with Gasteiger partial charge in [0.1, 0.15) is 0 Å². The summed E-state index contributed by atoms with van der Waals surface area (Å²) >= 11 is 0. The third kappa shape index (κ3) is 1.53. The molecule has 0 aliphatic carbocycles. The molecular formula is C8H9N3. The zero-order chi connectivity index (χ0) is 8.32. The molecule has 0 amide bonds. The first-order valence-electron chi connectivity index (χ1n) is 3.36. The van der Waals surface area contributed by atoms with Crippen LogP contribution >= 0.6 is 0 Å². The predicted octanol–water partition coefficient (Wildman–Crippen LogP) is 1.28. The first-order valence-corrected chi connectivity index (χ1v) is 3.36. The van der Waals surface area contributed by atoms with Gasteiger partial charge in [0, 0.05) is 6.20 Å². The largest absolute Gasteiger partial charge is 0.197 e. The number of rotatable bonds is 1. The van der Waals surface area contributed by atoms with Crippen molar-refractivity contribution < 1.29 is 0 Å². The van der Waals surface area contributed by atoms with E-state index in [0.29, 0.717) is 5.69 Å². The molecule has 56 valence electrons. The Balaban J connectivity index is 3.05. The Kier molecular flexibility index (Phi) is 1.86. The average Bonchev–Trinajstić information content (AvgIpc) is 2.06. The van der Waals surface area contributed by atoms with Crippen molar-refractivity contribution in [1.29, 1.82) is 5.26 Å². The van der Waals surface area contributed by atoms with Crippen molar-refractivity contribution in [2.24, 2.45) is 0 Å². The number of aromatic nitrogens is 2. The Bertz CT molecular complexity index is 271. The minimum Gasteiger partial charge on any atom is -0.197 e. The molecule has 0 N–H and O–H groups in total. The van der Waals surface area contributed by atoms with E-state index in [1.54, 1.807) is 18.3 Å². The molecule has 0 aromatic carbocycles. The van der Waals surface area contributed by atoms with Crippen LogP contribution in [0.2, 0.25) is 0 Å². The molecule has 0 atom stereocenters. The molecule has 1 aromatic heterocycles. The van der Waals surface area contributed by atoms with Crippen LogP contribution in [0.15, 0.2) is 18.3 Å². The van der Waals surface area contributed by atoms with E-state index in [0.717, 1.165) is 0 Å². The van der Waals surface area contributed by atoms with Crippen LogP contribution < -0.4 is 0 Å². The zero-order valence-corrected chi connectivity index (χ0v) is 6.57. The van der Waals surface area contributed by atoms with Crippen LogP contribution in [0.25, 0.3) is 0 Å². The molecule has 0 saturated heterocycles. The monoisotopic (exact) mass is 147 g/mol. The summed E-state index contributed by atoms with van der Waals surface area (Å²) in [7, 11) is 0. The summed E-state index contributed by atoms with van der Waals surface area (Å²) in [5.41, 5.74) is 0.177. The van der Waals surface area contributed by atoms with Gasteiger partial charge >= 0.3 is 0 Å². The number of hydrogen-bond donors (Lipinski definition) is 0. The van der Waals surface area contributed by atoms with Crippen molar-refractivity contribution in [1.82, 2.24) is 10.2 Å².